The summed E-state index contributed by atoms with van der Waals surface area (Å²) < 4.78 is 0. The van der Waals surface area contributed by atoms with E-state index in [0.29, 0.717) is 0 Å². The lowest BCUT2D eigenvalue weighted by Gasteiger charge is -2.08. The van der Waals surface area contributed by atoms with Crippen molar-refractivity contribution in [1.29, 1.82) is 0 Å². The summed E-state index contributed by atoms with van der Waals surface area (Å²) in [6, 6.07) is 3.84. The topological polar surface area (TPSA) is 33.1 Å². The van der Waals surface area contributed by atoms with Crippen LogP contribution in [0.3, 0.4) is 0 Å². The van der Waals surface area contributed by atoms with E-state index in [0.717, 1.165) is 17.7 Å². The fourth-order valence-electron chi connectivity index (χ4n) is 1.04. The Balaban J connectivity index is 2.93. The summed E-state index contributed by atoms with van der Waals surface area (Å²) >= 11 is 0. The van der Waals surface area contributed by atoms with Gasteiger partial charge in [0.1, 0.15) is 0 Å². The van der Waals surface area contributed by atoms with Gasteiger partial charge in [0.15, 0.2) is 0 Å². The van der Waals surface area contributed by atoms with Crippen LogP contribution in [0.1, 0.15) is 30.7 Å². The summed E-state index contributed by atoms with van der Waals surface area (Å²) in [5, 5.41) is 9.45. The summed E-state index contributed by atoms with van der Waals surface area (Å²) in [6.07, 6.45) is 2.02. The molecule has 1 atom stereocenters. The largest absolute Gasteiger partial charge is 0.387 e. The number of hydrogen-bond acceptors (Lipinski definition) is 2. The van der Waals surface area contributed by atoms with Crippen molar-refractivity contribution in [1.82, 2.24) is 4.98 Å². The van der Waals surface area contributed by atoms with E-state index >= 15 is 0 Å². The van der Waals surface area contributed by atoms with Gasteiger partial charge in [-0.3, -0.25) is 4.98 Å². The molecular weight excluding hydrogens is 138 g/mol. The number of aryl methyl sites for hydroxylation is 1. The first kappa shape index (κ1) is 8.21. The highest BCUT2D eigenvalue weighted by atomic mass is 16.3. The summed E-state index contributed by atoms with van der Waals surface area (Å²) in [5.41, 5.74) is 1.86. The second-order valence-electron chi connectivity index (χ2n) is 2.63. The van der Waals surface area contributed by atoms with E-state index in [1.54, 1.807) is 6.20 Å². The van der Waals surface area contributed by atoms with Gasteiger partial charge < -0.3 is 5.11 Å². The second kappa shape index (κ2) is 3.49. The van der Waals surface area contributed by atoms with Gasteiger partial charge in [0.05, 0.1) is 11.8 Å². The van der Waals surface area contributed by atoms with Gasteiger partial charge in [-0.25, -0.2) is 0 Å². The predicted octanol–water partition coefficient (Wildman–Crippen LogP) is 1.83. The molecule has 60 valence electrons. The second-order valence-corrected chi connectivity index (χ2v) is 2.63. The van der Waals surface area contributed by atoms with Crippen molar-refractivity contribution in [2.45, 2.75) is 26.4 Å². The van der Waals surface area contributed by atoms with Gasteiger partial charge in [0, 0.05) is 6.20 Å². The van der Waals surface area contributed by atoms with Crippen LogP contribution in [-0.4, -0.2) is 10.1 Å². The van der Waals surface area contributed by atoms with Crippen LogP contribution >= 0.6 is 0 Å². The molecule has 0 radical (unpaired) electrons. The highest BCUT2D eigenvalue weighted by Crippen LogP contribution is 2.16. The molecule has 1 N–H and O–H groups in total. The molecule has 1 heterocycles. The van der Waals surface area contributed by atoms with Gasteiger partial charge in [-0.2, -0.15) is 0 Å². The lowest BCUT2D eigenvalue weighted by atomic mass is 10.1. The number of pyridine rings is 1. The van der Waals surface area contributed by atoms with Crippen LogP contribution < -0.4 is 0 Å². The lowest BCUT2D eigenvalue weighted by Crippen LogP contribution is -2.00. The molecule has 0 spiro atoms. The standard InChI is InChI=1S/C9H13NO/c1-3-8(11)9-7(2)5-4-6-10-9/h4-6,8,11H,3H2,1-2H3/t8-/m1/s1. The van der Waals surface area contributed by atoms with Crippen LogP contribution in [0.4, 0.5) is 0 Å². The number of aromatic nitrogens is 1. The van der Waals surface area contributed by atoms with Crippen LogP contribution in [0, 0.1) is 6.92 Å². The Morgan fingerprint density at radius 2 is 2.36 bits per heavy atom. The molecule has 1 aromatic rings. The Labute approximate surface area is 66.9 Å². The van der Waals surface area contributed by atoms with Crippen molar-refractivity contribution in [2.24, 2.45) is 0 Å². The van der Waals surface area contributed by atoms with Gasteiger partial charge >= 0.3 is 0 Å². The van der Waals surface area contributed by atoms with Crippen molar-refractivity contribution in [3.05, 3.63) is 29.6 Å². The zero-order chi connectivity index (χ0) is 8.27. The first-order chi connectivity index (χ1) is 5.25. The third-order valence-corrected chi connectivity index (χ3v) is 1.75. The van der Waals surface area contributed by atoms with Crippen LogP contribution in [0.5, 0.6) is 0 Å². The third kappa shape index (κ3) is 1.77. The van der Waals surface area contributed by atoms with Gasteiger partial charge in [-0.15, -0.1) is 0 Å². The molecule has 0 amide bonds. The Bertz CT molecular complexity index is 235. The number of aliphatic hydroxyl groups is 1. The third-order valence-electron chi connectivity index (χ3n) is 1.75. The SMILES string of the molecule is CC[C@@H](O)c1ncccc1C. The summed E-state index contributed by atoms with van der Waals surface area (Å²) in [7, 11) is 0. The minimum atomic E-state index is -0.406. The molecule has 0 unspecified atom stereocenters. The molecule has 2 heteroatoms. The molecule has 0 aromatic carbocycles. The number of aliphatic hydroxyl groups excluding tert-OH is 1. The minimum absolute atomic E-state index is 0.406. The Morgan fingerprint density at radius 1 is 1.64 bits per heavy atom. The normalized spacial score (nSPS) is 13.0. The smallest absolute Gasteiger partial charge is 0.0959 e. The Morgan fingerprint density at radius 3 is 2.91 bits per heavy atom. The summed E-state index contributed by atoms with van der Waals surface area (Å²) in [4.78, 5) is 4.10. The molecule has 0 aliphatic rings. The Kier molecular flexibility index (Phi) is 2.60. The molecule has 11 heavy (non-hydrogen) atoms. The molecule has 0 aliphatic heterocycles. The van der Waals surface area contributed by atoms with Crippen molar-refractivity contribution in [3.63, 3.8) is 0 Å². The predicted molar refractivity (Wildman–Crippen MR) is 44.2 cm³/mol. The van der Waals surface area contributed by atoms with Crippen LogP contribution in [0.15, 0.2) is 18.3 Å². The zero-order valence-corrected chi connectivity index (χ0v) is 6.91. The maximum absolute atomic E-state index is 9.45. The first-order valence-corrected chi connectivity index (χ1v) is 3.85. The van der Waals surface area contributed by atoms with Crippen molar-refractivity contribution in [3.8, 4) is 0 Å². The summed E-state index contributed by atoms with van der Waals surface area (Å²) in [5.74, 6) is 0. The van der Waals surface area contributed by atoms with Crippen molar-refractivity contribution in [2.75, 3.05) is 0 Å². The van der Waals surface area contributed by atoms with E-state index in [1.807, 2.05) is 26.0 Å². The maximum Gasteiger partial charge on any atom is 0.0959 e. The number of rotatable bonds is 2. The van der Waals surface area contributed by atoms with E-state index < -0.39 is 6.10 Å². The first-order valence-electron chi connectivity index (χ1n) is 3.85. The average molecular weight is 151 g/mol. The lowest BCUT2D eigenvalue weighted by molar-refractivity contribution is 0.168. The fourth-order valence-corrected chi connectivity index (χ4v) is 1.04. The monoisotopic (exact) mass is 151 g/mol. The van der Waals surface area contributed by atoms with E-state index in [4.69, 9.17) is 0 Å². The van der Waals surface area contributed by atoms with Crippen molar-refractivity contribution < 1.29 is 5.11 Å². The van der Waals surface area contributed by atoms with Gasteiger partial charge in [-0.05, 0) is 25.0 Å². The van der Waals surface area contributed by atoms with E-state index in [1.165, 1.54) is 0 Å². The van der Waals surface area contributed by atoms with Gasteiger partial charge in [0.25, 0.3) is 0 Å². The van der Waals surface area contributed by atoms with E-state index in [9.17, 15) is 5.11 Å². The van der Waals surface area contributed by atoms with Gasteiger partial charge in [0.2, 0.25) is 0 Å². The quantitative estimate of drug-likeness (QED) is 0.699. The molecule has 0 aliphatic carbocycles. The van der Waals surface area contributed by atoms with Crippen LogP contribution in [-0.2, 0) is 0 Å². The zero-order valence-electron chi connectivity index (χ0n) is 6.91. The van der Waals surface area contributed by atoms with E-state index in [2.05, 4.69) is 4.98 Å². The number of hydrogen-bond donors (Lipinski definition) is 1. The molecule has 0 saturated heterocycles. The average Bonchev–Trinajstić information content (AvgIpc) is 2.04. The van der Waals surface area contributed by atoms with Crippen molar-refractivity contribution >= 4 is 0 Å². The minimum Gasteiger partial charge on any atom is -0.387 e. The summed E-state index contributed by atoms with van der Waals surface area (Å²) in [6.45, 7) is 3.90. The Hall–Kier alpha value is -0.890. The van der Waals surface area contributed by atoms with Crippen LogP contribution in [0.25, 0.3) is 0 Å². The molecule has 0 bridgehead atoms. The fraction of sp³-hybridized carbons (Fsp3) is 0.444. The molecule has 0 fully saturated rings. The maximum atomic E-state index is 9.45. The number of nitrogens with zero attached hydrogens (tertiary/aromatic N) is 1. The molecule has 1 rings (SSSR count). The van der Waals surface area contributed by atoms with E-state index in [-0.39, 0.29) is 0 Å². The molecule has 2 nitrogen and oxygen atoms in total. The highest BCUT2D eigenvalue weighted by Gasteiger charge is 2.07. The molecular formula is C9H13NO. The van der Waals surface area contributed by atoms with Crippen LogP contribution in [0.2, 0.25) is 0 Å². The highest BCUT2D eigenvalue weighted by molar-refractivity contribution is 5.19. The van der Waals surface area contributed by atoms with Gasteiger partial charge in [-0.1, -0.05) is 13.0 Å². The molecule has 0 saturated carbocycles. The molecule has 1 aromatic heterocycles.